The van der Waals surface area contributed by atoms with Crippen molar-refractivity contribution in [2.75, 3.05) is 13.2 Å². The summed E-state index contributed by atoms with van der Waals surface area (Å²) in [6, 6.07) is 0. The van der Waals surface area contributed by atoms with Gasteiger partial charge in [-0.05, 0) is 12.5 Å². The topological polar surface area (TPSA) is 112 Å². The number of nitrogens with zero attached hydrogens (tertiary/aromatic N) is 3. The first-order valence-electron chi connectivity index (χ1n) is 4.96. The van der Waals surface area contributed by atoms with E-state index in [4.69, 9.17) is 5.53 Å². The molecule has 1 N–H and O–H groups in total. The van der Waals surface area contributed by atoms with Crippen LogP contribution in [0.25, 0.3) is 10.4 Å². The first kappa shape index (κ1) is 14.4. The number of ether oxygens (including phenoxy) is 1. The lowest BCUT2D eigenvalue weighted by molar-refractivity contribution is -0.145. The molecule has 7 heteroatoms. The fraction of sp³-hybridized carbons (Fsp3) is 0.778. The van der Waals surface area contributed by atoms with Gasteiger partial charge in [0, 0.05) is 24.3 Å². The molecule has 0 aromatic rings. The molecule has 0 radical (unpaired) electrons. The maximum atomic E-state index is 11.2. The fourth-order valence-corrected chi connectivity index (χ4v) is 1.07. The number of carbonyl (C=O) groups is 2. The Morgan fingerprint density at radius 1 is 1.50 bits per heavy atom. The zero-order valence-corrected chi connectivity index (χ0v) is 9.13. The summed E-state index contributed by atoms with van der Waals surface area (Å²) >= 11 is 0. The van der Waals surface area contributed by atoms with Crippen molar-refractivity contribution < 1.29 is 19.4 Å². The van der Waals surface area contributed by atoms with Gasteiger partial charge in [-0.2, -0.15) is 0 Å². The van der Waals surface area contributed by atoms with Gasteiger partial charge in [0.05, 0.1) is 19.1 Å². The predicted octanol–water partition coefficient (Wildman–Crippen LogP) is 0.960. The molecule has 0 aliphatic heterocycles. The molecule has 0 amide bonds. The van der Waals surface area contributed by atoms with Crippen LogP contribution in [0, 0.1) is 0 Å². The van der Waals surface area contributed by atoms with Gasteiger partial charge in [-0.15, -0.1) is 0 Å². The summed E-state index contributed by atoms with van der Waals surface area (Å²) in [6.45, 7) is 1.98. The van der Waals surface area contributed by atoms with Crippen LogP contribution in [0.1, 0.15) is 26.2 Å². The largest absolute Gasteiger partial charge is 0.466 e. The number of rotatable bonds is 8. The molecule has 7 nitrogen and oxygen atoms in total. The minimum absolute atomic E-state index is 0.0709. The molecule has 0 aliphatic carbocycles. The molecule has 0 aliphatic rings. The number of carbonyl (C=O) groups excluding carboxylic acids is 2. The maximum Gasteiger partial charge on any atom is 0.308 e. The molecule has 1 atom stereocenters. The minimum atomic E-state index is -1.03. The lowest BCUT2D eigenvalue weighted by Crippen LogP contribution is -2.19. The van der Waals surface area contributed by atoms with E-state index in [1.165, 1.54) is 0 Å². The number of ketones is 1. The second kappa shape index (κ2) is 8.70. The van der Waals surface area contributed by atoms with Crippen molar-refractivity contribution >= 4 is 11.8 Å². The fourth-order valence-electron chi connectivity index (χ4n) is 1.07. The van der Waals surface area contributed by atoms with E-state index in [1.54, 1.807) is 6.92 Å². The number of Topliss-reactive ketones (excluding diaryl/α,β-unsaturated/α-hetero) is 1. The summed E-state index contributed by atoms with van der Waals surface area (Å²) in [5.41, 5.74) is 7.98. The number of azide groups is 1. The average molecular weight is 229 g/mol. The van der Waals surface area contributed by atoms with Crippen LogP contribution in [0.15, 0.2) is 5.11 Å². The van der Waals surface area contributed by atoms with E-state index < -0.39 is 12.1 Å². The van der Waals surface area contributed by atoms with Crippen LogP contribution >= 0.6 is 0 Å². The van der Waals surface area contributed by atoms with Gasteiger partial charge in [-0.25, -0.2) is 0 Å². The number of hydrogen-bond donors (Lipinski definition) is 1. The SMILES string of the molecule is CCOC(=O)C[C@H](O)CC(=O)CCN=[N+]=[N-]. The van der Waals surface area contributed by atoms with Gasteiger partial charge in [0.25, 0.3) is 0 Å². The van der Waals surface area contributed by atoms with E-state index in [1.807, 2.05) is 0 Å². The first-order chi connectivity index (χ1) is 7.60. The van der Waals surface area contributed by atoms with E-state index in [9.17, 15) is 14.7 Å². The van der Waals surface area contributed by atoms with E-state index in [0.29, 0.717) is 0 Å². The smallest absolute Gasteiger partial charge is 0.308 e. The number of aliphatic hydroxyl groups is 1. The highest BCUT2D eigenvalue weighted by Crippen LogP contribution is 2.03. The van der Waals surface area contributed by atoms with Crippen LogP contribution in [0.5, 0.6) is 0 Å². The normalized spacial score (nSPS) is 11.4. The van der Waals surface area contributed by atoms with Crippen molar-refractivity contribution in [3.63, 3.8) is 0 Å². The van der Waals surface area contributed by atoms with Crippen molar-refractivity contribution in [1.29, 1.82) is 0 Å². The molecule has 0 aromatic heterocycles. The minimum Gasteiger partial charge on any atom is -0.466 e. The Bertz CT molecular complexity index is 286. The average Bonchev–Trinajstić information content (AvgIpc) is 2.17. The summed E-state index contributed by atoms with van der Waals surface area (Å²) in [5, 5.41) is 12.5. The molecule has 0 aromatic carbocycles. The van der Waals surface area contributed by atoms with E-state index >= 15 is 0 Å². The monoisotopic (exact) mass is 229 g/mol. The molecule has 0 heterocycles. The van der Waals surface area contributed by atoms with Crippen molar-refractivity contribution in [3.05, 3.63) is 10.4 Å². The summed E-state index contributed by atoms with van der Waals surface area (Å²) < 4.78 is 4.62. The molecule has 0 saturated carbocycles. The third kappa shape index (κ3) is 7.78. The maximum absolute atomic E-state index is 11.2. The molecular formula is C9H15N3O4. The highest BCUT2D eigenvalue weighted by atomic mass is 16.5. The Morgan fingerprint density at radius 3 is 2.75 bits per heavy atom. The van der Waals surface area contributed by atoms with Crippen molar-refractivity contribution in [1.82, 2.24) is 0 Å². The zero-order valence-electron chi connectivity index (χ0n) is 9.13. The van der Waals surface area contributed by atoms with Gasteiger partial charge in [0.15, 0.2) is 0 Å². The molecular weight excluding hydrogens is 214 g/mol. The van der Waals surface area contributed by atoms with Crippen molar-refractivity contribution in [3.8, 4) is 0 Å². The Balaban J connectivity index is 3.77. The Labute approximate surface area is 93.0 Å². The van der Waals surface area contributed by atoms with E-state index in [0.717, 1.165) is 0 Å². The number of aliphatic hydroxyl groups excluding tert-OH is 1. The van der Waals surface area contributed by atoms with Gasteiger partial charge >= 0.3 is 5.97 Å². The van der Waals surface area contributed by atoms with Crippen LogP contribution < -0.4 is 0 Å². The van der Waals surface area contributed by atoms with Crippen LogP contribution in [0.2, 0.25) is 0 Å². The lowest BCUT2D eigenvalue weighted by Gasteiger charge is -2.08. The van der Waals surface area contributed by atoms with Crippen LogP contribution in [-0.2, 0) is 14.3 Å². The van der Waals surface area contributed by atoms with Crippen LogP contribution in [-0.4, -0.2) is 36.1 Å². The molecule has 16 heavy (non-hydrogen) atoms. The molecule has 90 valence electrons. The Morgan fingerprint density at radius 2 is 2.19 bits per heavy atom. The van der Waals surface area contributed by atoms with E-state index in [-0.39, 0.29) is 38.2 Å². The summed E-state index contributed by atoms with van der Waals surface area (Å²) in [7, 11) is 0. The second-order valence-corrected chi connectivity index (χ2v) is 3.11. The Kier molecular flexibility index (Phi) is 7.83. The summed E-state index contributed by atoms with van der Waals surface area (Å²) in [6.07, 6.45) is -1.28. The summed E-state index contributed by atoms with van der Waals surface area (Å²) in [4.78, 5) is 24.6. The van der Waals surface area contributed by atoms with Crippen LogP contribution in [0.4, 0.5) is 0 Å². The van der Waals surface area contributed by atoms with Gasteiger partial charge in [0.1, 0.15) is 5.78 Å². The van der Waals surface area contributed by atoms with E-state index in [2.05, 4.69) is 14.8 Å². The molecule has 0 rings (SSSR count). The highest BCUT2D eigenvalue weighted by molar-refractivity contribution is 5.80. The number of esters is 1. The molecule has 0 spiro atoms. The third-order valence-corrected chi connectivity index (χ3v) is 1.72. The van der Waals surface area contributed by atoms with Crippen molar-refractivity contribution in [2.24, 2.45) is 5.11 Å². The molecule has 0 unspecified atom stereocenters. The number of hydrogen-bond acceptors (Lipinski definition) is 5. The Hall–Kier alpha value is -1.59. The van der Waals surface area contributed by atoms with Gasteiger partial charge in [-0.1, -0.05) is 5.11 Å². The van der Waals surface area contributed by atoms with Crippen LogP contribution in [0.3, 0.4) is 0 Å². The quantitative estimate of drug-likeness (QED) is 0.289. The first-order valence-corrected chi connectivity index (χ1v) is 4.96. The van der Waals surface area contributed by atoms with Gasteiger partial charge in [0.2, 0.25) is 0 Å². The summed E-state index contributed by atoms with van der Waals surface area (Å²) in [5.74, 6) is -0.776. The third-order valence-electron chi connectivity index (χ3n) is 1.72. The molecule has 0 bridgehead atoms. The predicted molar refractivity (Wildman–Crippen MR) is 55.5 cm³/mol. The second-order valence-electron chi connectivity index (χ2n) is 3.11. The molecule has 0 fully saturated rings. The zero-order chi connectivity index (χ0) is 12.4. The lowest BCUT2D eigenvalue weighted by atomic mass is 10.1. The highest BCUT2D eigenvalue weighted by Gasteiger charge is 2.15. The van der Waals surface area contributed by atoms with Gasteiger partial charge < -0.3 is 9.84 Å². The van der Waals surface area contributed by atoms with Gasteiger partial charge in [-0.3, -0.25) is 9.59 Å². The standard InChI is InChI=1S/C9H15N3O4/c1-2-16-9(15)6-8(14)5-7(13)3-4-11-12-10/h8,14H,2-6H2,1H3/t8-/m1/s1. The van der Waals surface area contributed by atoms with Crippen molar-refractivity contribution in [2.45, 2.75) is 32.3 Å². The molecule has 0 saturated heterocycles.